The van der Waals surface area contributed by atoms with Gasteiger partial charge in [-0.1, -0.05) is 211 Å². The molecule has 10 aliphatic rings. The summed E-state index contributed by atoms with van der Waals surface area (Å²) in [6.45, 7) is 21.8. The summed E-state index contributed by atoms with van der Waals surface area (Å²) >= 11 is 0. The summed E-state index contributed by atoms with van der Waals surface area (Å²) < 4.78 is 12.1. The Bertz CT molecular complexity index is 6480. The maximum Gasteiger partial charge on any atom is 0.248 e. The number of likely N-dealkylation sites (tertiary alicyclic amines) is 5. The number of primary amides is 1. The van der Waals surface area contributed by atoms with Gasteiger partial charge < -0.3 is 55.4 Å². The third-order valence-corrected chi connectivity index (χ3v) is 30.6. The summed E-state index contributed by atoms with van der Waals surface area (Å²) in [5.41, 5.74) is 25.5. The van der Waals surface area contributed by atoms with E-state index in [9.17, 15) is 43.5 Å². The van der Waals surface area contributed by atoms with Crippen molar-refractivity contribution in [2.75, 3.05) is 82.7 Å². The molecule has 5 spiro atoms. The minimum absolute atomic E-state index is 0.00653. The molecule has 10 heterocycles. The third-order valence-electron chi connectivity index (χ3n) is 30.6. The van der Waals surface area contributed by atoms with Crippen molar-refractivity contribution in [3.8, 4) is 5.75 Å². The van der Waals surface area contributed by atoms with Gasteiger partial charge in [0.2, 0.25) is 47.3 Å². The van der Waals surface area contributed by atoms with E-state index in [1.165, 1.54) is 44.5 Å². The van der Waals surface area contributed by atoms with E-state index in [1.54, 1.807) is 61.3 Å². The lowest BCUT2D eigenvalue weighted by atomic mass is 9.73. The SMILES string of the molecule is Cc1ccccc1/C=C/C(=O)N1CCC2(CC1)C(=O)Nc1cc(C(C)(C)O)ccc12.Cc1ccccc1/C=C/C(=O)N1CCC2(CC1)C(=O)Nc1cc(C(N)=O)ccc12.Cc1ccccc1/C=C/C(=O)N1CCC2(CC1)CC(Cc1nn[nH]n1)c1ccccc12.Cc1ccccc1/C=C/C(=O)N1CCC2(CC1)COc1ccccc12.Cc1ccccc1/C=C/C(=O)N1CCC2(CC1)OCc1ccccc12. The van der Waals surface area contributed by atoms with E-state index in [0.29, 0.717) is 75.6 Å². The van der Waals surface area contributed by atoms with Crippen LogP contribution in [0.1, 0.15) is 207 Å². The number of nitrogens with two attached hydrogens (primary N) is 1. The number of benzene rings is 10. The molecule has 1 unspecified atom stereocenters. The molecule has 9 aliphatic heterocycles. The van der Waals surface area contributed by atoms with Crippen LogP contribution in [0.5, 0.6) is 5.75 Å². The standard InChI is InChI=1S/C25H27N5O.C25H28N2O3.C23H23N3O3.2C22H23NO2/c1-18-6-2-3-7-19(18)10-11-24(31)30-14-12-25(13-15-30)17-20(16-23-26-28-29-27-23)21-8-4-5-9-22(21)25;1-17-6-4-5-7-18(17)8-11-22(28)27-14-12-25(13-15-27)20-10-9-19(24(2,3)30)16-21(20)26-23(25)29;1-15-4-2-3-5-16(15)7-9-20(27)26-12-10-23(11-13-26)18-8-6-17(21(24)28)14-19(18)25-22(23)29;1-17-6-2-3-7-18(17)10-11-21(24)23-14-12-22(13-15-23)16-25-20-9-5-4-8-19(20)22;1-17-6-2-3-7-18(17)10-11-21(24)23-14-12-22(13-15-23)20-9-5-4-8-19(20)16-25-22/h2-11,20H,12-17H2,1H3,(H,26,27,28,29);4-11,16,30H,12-15H2,1-3H3,(H,26,29);2-9,14H,10-13H2,1H3,(H2,24,28)(H,25,29);2*2-11H,12-16H2,1H3/b11-10+;11-8+;9-7+;2*11-10+. The molecule has 23 heteroatoms. The molecule has 1 aliphatic carbocycles. The number of hydrogen-bond donors (Lipinski definition) is 5. The van der Waals surface area contributed by atoms with Crippen LogP contribution < -0.4 is 21.1 Å². The molecule has 6 N–H and O–H groups in total. The second-order valence-corrected chi connectivity index (χ2v) is 39.4. The molecular formula is C117H124N12O11. The number of tetrazole rings is 1. The minimum Gasteiger partial charge on any atom is -0.492 e. The van der Waals surface area contributed by atoms with Crippen LogP contribution in [0.4, 0.5) is 11.4 Å². The van der Waals surface area contributed by atoms with Gasteiger partial charge in [0.15, 0.2) is 5.82 Å². The van der Waals surface area contributed by atoms with Crippen molar-refractivity contribution in [3.63, 3.8) is 0 Å². The summed E-state index contributed by atoms with van der Waals surface area (Å²) in [6, 6.07) is 76.6. The number of aromatic nitrogens is 4. The number of rotatable bonds is 14. The van der Waals surface area contributed by atoms with Crippen molar-refractivity contribution < 1.29 is 52.9 Å². The molecule has 23 nitrogen and oxygen atoms in total. The number of fused-ring (bicyclic) bond motifs is 10. The van der Waals surface area contributed by atoms with Crippen LogP contribution in [0.15, 0.2) is 261 Å². The molecule has 11 aromatic rings. The molecule has 1 atom stereocenters. The van der Waals surface area contributed by atoms with Gasteiger partial charge in [-0.25, -0.2) is 0 Å². The molecule has 5 fully saturated rings. The summed E-state index contributed by atoms with van der Waals surface area (Å²) in [6.07, 6.45) is 27.7. The Morgan fingerprint density at radius 2 is 0.800 bits per heavy atom. The zero-order valence-electron chi connectivity index (χ0n) is 80.9. The fourth-order valence-corrected chi connectivity index (χ4v) is 21.9. The fraction of sp³-hybridized carbons (Fsp3) is 0.325. The van der Waals surface area contributed by atoms with Crippen molar-refractivity contribution in [3.05, 3.63) is 372 Å². The van der Waals surface area contributed by atoms with Gasteiger partial charge in [0.25, 0.3) is 0 Å². The molecule has 8 amide bonds. The highest BCUT2D eigenvalue weighted by Gasteiger charge is 2.52. The van der Waals surface area contributed by atoms with E-state index in [2.05, 4.69) is 131 Å². The highest BCUT2D eigenvalue weighted by molar-refractivity contribution is 6.09. The van der Waals surface area contributed by atoms with Crippen LogP contribution in [-0.2, 0) is 84.2 Å². The smallest absolute Gasteiger partial charge is 0.248 e. The Morgan fingerprint density at radius 3 is 1.22 bits per heavy atom. The highest BCUT2D eigenvalue weighted by atomic mass is 16.5. The van der Waals surface area contributed by atoms with Gasteiger partial charge in [-0.15, -0.1) is 10.2 Å². The van der Waals surface area contributed by atoms with E-state index in [0.717, 1.165) is 170 Å². The zero-order valence-corrected chi connectivity index (χ0v) is 80.9. The lowest BCUT2D eigenvalue weighted by Gasteiger charge is -2.40. The maximum atomic E-state index is 12.9. The van der Waals surface area contributed by atoms with Crippen LogP contribution in [0.2, 0.25) is 0 Å². The molecule has 718 valence electrons. The number of nitrogens with one attached hydrogen (secondary N) is 3. The van der Waals surface area contributed by atoms with Crippen LogP contribution in [-0.4, -0.2) is 170 Å². The van der Waals surface area contributed by atoms with Crippen LogP contribution in [0.3, 0.4) is 0 Å². The van der Waals surface area contributed by atoms with E-state index in [4.69, 9.17) is 15.2 Å². The first-order chi connectivity index (χ1) is 67.6. The number of aromatic amines is 1. The first-order valence-corrected chi connectivity index (χ1v) is 49.0. The topological polar surface area (TPSA) is 296 Å². The second-order valence-electron chi connectivity index (χ2n) is 39.4. The molecule has 10 aromatic carbocycles. The van der Waals surface area contributed by atoms with Crippen LogP contribution in [0.25, 0.3) is 30.4 Å². The number of H-pyrrole nitrogens is 1. The molecule has 140 heavy (non-hydrogen) atoms. The fourth-order valence-electron chi connectivity index (χ4n) is 21.9. The number of nitrogens with zero attached hydrogens (tertiary/aromatic N) is 8. The Kier molecular flexibility index (Phi) is 29.1. The number of anilines is 2. The summed E-state index contributed by atoms with van der Waals surface area (Å²) in [5, 5.41) is 30.8. The predicted molar refractivity (Wildman–Crippen MR) is 547 cm³/mol. The largest absolute Gasteiger partial charge is 0.492 e. The lowest BCUT2D eigenvalue weighted by molar-refractivity contribution is -0.133. The van der Waals surface area contributed by atoms with Crippen molar-refractivity contribution in [1.82, 2.24) is 45.1 Å². The Morgan fingerprint density at radius 1 is 0.429 bits per heavy atom. The summed E-state index contributed by atoms with van der Waals surface area (Å²) in [4.78, 5) is 110. The predicted octanol–water partition coefficient (Wildman–Crippen LogP) is 18.2. The molecule has 21 rings (SSSR count). The number of carbonyl (C=O) groups excluding carboxylic acids is 8. The number of para-hydroxylation sites is 1. The quantitative estimate of drug-likeness (QED) is 0.0633. The van der Waals surface area contributed by atoms with Crippen molar-refractivity contribution in [1.29, 1.82) is 0 Å². The molecule has 0 saturated carbocycles. The van der Waals surface area contributed by atoms with Gasteiger partial charge in [-0.3, -0.25) is 38.4 Å². The van der Waals surface area contributed by atoms with Gasteiger partial charge in [-0.2, -0.15) is 5.21 Å². The summed E-state index contributed by atoms with van der Waals surface area (Å²) in [7, 11) is 0. The third kappa shape index (κ3) is 21.1. The Balaban J connectivity index is 0.000000121. The first-order valence-electron chi connectivity index (χ1n) is 49.0. The van der Waals surface area contributed by atoms with Crippen molar-refractivity contribution >= 4 is 89.0 Å². The Labute approximate surface area is 819 Å². The first kappa shape index (κ1) is 97.1. The lowest BCUT2D eigenvalue weighted by Crippen LogP contribution is -2.47. The van der Waals surface area contributed by atoms with Gasteiger partial charge in [-0.05, 0) is 280 Å². The molecule has 5 saturated heterocycles. The average Bonchev–Trinajstić information content (AvgIpc) is 1.66. The Hall–Kier alpha value is -14.6. The number of carbonyl (C=O) groups is 8. The van der Waals surface area contributed by atoms with E-state index >= 15 is 0 Å². The maximum absolute atomic E-state index is 12.9. The number of aliphatic hydroxyl groups is 1. The molecule has 0 bridgehead atoms. The molecule has 0 radical (unpaired) electrons. The normalized spacial score (nSPS) is 18.5. The zero-order chi connectivity index (χ0) is 97.9. The minimum atomic E-state index is -0.964. The number of hydrogen-bond acceptors (Lipinski definition) is 14. The van der Waals surface area contributed by atoms with Crippen molar-refractivity contribution in [2.24, 2.45) is 5.73 Å². The second kappa shape index (κ2) is 42.0. The monoisotopic (exact) mass is 1870 g/mol. The van der Waals surface area contributed by atoms with Crippen LogP contribution in [0, 0.1) is 34.6 Å². The van der Waals surface area contributed by atoms with Crippen LogP contribution >= 0.6 is 0 Å². The number of piperidine rings is 5. The van der Waals surface area contributed by atoms with Gasteiger partial charge >= 0.3 is 0 Å². The van der Waals surface area contributed by atoms with E-state index in [-0.39, 0.29) is 57.8 Å². The summed E-state index contributed by atoms with van der Waals surface area (Å²) in [5.74, 6) is 1.80. The highest BCUT2D eigenvalue weighted by Crippen LogP contribution is 2.54. The number of ether oxygens (including phenoxy) is 2. The van der Waals surface area contributed by atoms with E-state index < -0.39 is 22.3 Å². The van der Waals surface area contributed by atoms with Gasteiger partial charge in [0, 0.05) is 130 Å². The number of aryl methyl sites for hydroxylation is 5. The van der Waals surface area contributed by atoms with Crippen molar-refractivity contribution in [2.45, 2.75) is 171 Å². The molecule has 1 aromatic heterocycles. The molecular weight excluding hydrogens is 1750 g/mol. The van der Waals surface area contributed by atoms with Gasteiger partial charge in [0.1, 0.15) is 5.75 Å². The number of amides is 8. The average molecular weight is 1870 g/mol. The van der Waals surface area contributed by atoms with Gasteiger partial charge in [0.05, 0.1) is 35.2 Å². The van der Waals surface area contributed by atoms with E-state index in [1.807, 2.05) is 203 Å².